The largest absolute Gasteiger partial charge is 0.390 e. The maximum absolute atomic E-state index is 9.96. The Morgan fingerprint density at radius 1 is 1.25 bits per heavy atom. The molecule has 0 amide bonds. The first kappa shape index (κ1) is 14.1. The van der Waals surface area contributed by atoms with E-state index in [1.54, 1.807) is 0 Å². The van der Waals surface area contributed by atoms with Crippen LogP contribution in [0.3, 0.4) is 0 Å². The molecule has 0 saturated carbocycles. The second-order valence-corrected chi connectivity index (χ2v) is 6.84. The Morgan fingerprint density at radius 2 is 1.81 bits per heavy atom. The van der Waals surface area contributed by atoms with Crippen LogP contribution in [0, 0.1) is 0 Å². The minimum atomic E-state index is -0.682. The molecule has 16 heavy (non-hydrogen) atoms. The number of aliphatic hydroxyl groups is 1. The number of benzene rings is 1. The monoisotopic (exact) mass is 302 g/mol. The van der Waals surface area contributed by atoms with E-state index in [4.69, 9.17) is 0 Å². The van der Waals surface area contributed by atoms with Gasteiger partial charge in [-0.15, -0.1) is 12.6 Å². The zero-order valence-corrected chi connectivity index (χ0v) is 12.7. The summed E-state index contributed by atoms with van der Waals surface area (Å²) in [6, 6.07) is 5.96. The number of halogens is 1. The Morgan fingerprint density at radius 3 is 2.25 bits per heavy atom. The summed E-state index contributed by atoms with van der Waals surface area (Å²) >= 11 is 8.06. The van der Waals surface area contributed by atoms with Gasteiger partial charge >= 0.3 is 0 Å². The Bertz CT molecular complexity index is 360. The Kier molecular flexibility index (Phi) is 4.14. The highest BCUT2D eigenvalue weighted by atomic mass is 79.9. The zero-order chi connectivity index (χ0) is 12.6. The Balaban J connectivity index is 3.16. The highest BCUT2D eigenvalue weighted by molar-refractivity contribution is 9.10. The van der Waals surface area contributed by atoms with Crippen molar-refractivity contribution in [3.63, 3.8) is 0 Å². The van der Waals surface area contributed by atoms with Gasteiger partial charge in [0.15, 0.2) is 0 Å². The molecule has 0 saturated heterocycles. The first-order chi connectivity index (χ1) is 7.13. The van der Waals surface area contributed by atoms with Gasteiger partial charge in [0, 0.05) is 9.37 Å². The van der Waals surface area contributed by atoms with Crippen LogP contribution in [0.1, 0.15) is 39.7 Å². The fraction of sp³-hybridized carbons (Fsp3) is 0.538. The summed E-state index contributed by atoms with van der Waals surface area (Å²) in [5.74, 6) is 0. The van der Waals surface area contributed by atoms with Crippen molar-refractivity contribution in [2.75, 3.05) is 0 Å². The van der Waals surface area contributed by atoms with Crippen molar-refractivity contribution < 1.29 is 5.11 Å². The lowest BCUT2D eigenvalue weighted by Gasteiger charge is -2.33. The third kappa shape index (κ3) is 3.51. The van der Waals surface area contributed by atoms with Crippen LogP contribution in [-0.2, 0) is 5.41 Å². The topological polar surface area (TPSA) is 20.2 Å². The van der Waals surface area contributed by atoms with E-state index in [-0.39, 0.29) is 5.41 Å². The molecule has 0 unspecified atom stereocenters. The number of rotatable bonds is 3. The molecule has 0 aliphatic carbocycles. The van der Waals surface area contributed by atoms with E-state index in [0.29, 0.717) is 6.42 Å². The van der Waals surface area contributed by atoms with Gasteiger partial charge in [0.25, 0.3) is 0 Å². The van der Waals surface area contributed by atoms with Gasteiger partial charge in [0.1, 0.15) is 0 Å². The molecular weight excluding hydrogens is 284 g/mol. The smallest absolute Gasteiger partial charge is 0.0600 e. The molecule has 1 aromatic rings. The summed E-state index contributed by atoms with van der Waals surface area (Å²) in [5, 5.41) is 9.96. The van der Waals surface area contributed by atoms with Crippen molar-refractivity contribution >= 4 is 28.6 Å². The van der Waals surface area contributed by atoms with Crippen LogP contribution >= 0.6 is 28.6 Å². The lowest BCUT2D eigenvalue weighted by Crippen LogP contribution is -2.31. The molecule has 0 aliphatic heterocycles. The Hall–Kier alpha value is 0.01000. The SMILES string of the molecule is CC(C)(O)CC(C)(C)c1c(S)cccc1Br. The maximum Gasteiger partial charge on any atom is 0.0600 e. The molecule has 0 bridgehead atoms. The number of hydrogen-bond donors (Lipinski definition) is 2. The molecule has 0 aromatic heterocycles. The third-order valence-corrected chi connectivity index (χ3v) is 3.58. The highest BCUT2D eigenvalue weighted by Gasteiger charge is 2.31. The summed E-state index contributed by atoms with van der Waals surface area (Å²) in [4.78, 5) is 0.962. The van der Waals surface area contributed by atoms with Crippen LogP contribution in [0.4, 0.5) is 0 Å². The summed E-state index contributed by atoms with van der Waals surface area (Å²) < 4.78 is 1.05. The first-order valence-corrected chi connectivity index (χ1v) is 6.58. The molecular formula is C13H19BrOS. The van der Waals surface area contributed by atoms with Crippen LogP contribution in [0.15, 0.2) is 27.6 Å². The minimum Gasteiger partial charge on any atom is -0.390 e. The normalized spacial score (nSPS) is 12.9. The summed E-state index contributed by atoms with van der Waals surface area (Å²) in [7, 11) is 0. The van der Waals surface area contributed by atoms with E-state index in [1.807, 2.05) is 32.0 Å². The maximum atomic E-state index is 9.96. The fourth-order valence-corrected chi connectivity index (χ4v) is 3.92. The predicted octanol–water partition coefficient (Wildman–Crippen LogP) is 4.18. The quantitative estimate of drug-likeness (QED) is 0.803. The fourth-order valence-electron chi connectivity index (χ4n) is 2.35. The summed E-state index contributed by atoms with van der Waals surface area (Å²) in [6.07, 6.45) is 0.691. The molecule has 1 nitrogen and oxygen atoms in total. The van der Waals surface area contributed by atoms with Gasteiger partial charge in [0.2, 0.25) is 0 Å². The van der Waals surface area contributed by atoms with Crippen molar-refractivity contribution in [3.05, 3.63) is 28.2 Å². The van der Waals surface area contributed by atoms with E-state index in [9.17, 15) is 5.11 Å². The van der Waals surface area contributed by atoms with Crippen molar-refractivity contribution in [2.24, 2.45) is 0 Å². The van der Waals surface area contributed by atoms with Gasteiger partial charge in [0.05, 0.1) is 5.60 Å². The molecule has 0 radical (unpaired) electrons. The zero-order valence-electron chi connectivity index (χ0n) is 10.2. The van der Waals surface area contributed by atoms with E-state index in [0.717, 1.165) is 14.9 Å². The molecule has 0 heterocycles. The van der Waals surface area contributed by atoms with Gasteiger partial charge in [-0.3, -0.25) is 0 Å². The van der Waals surface area contributed by atoms with Crippen LogP contribution < -0.4 is 0 Å². The molecule has 0 atom stereocenters. The molecule has 1 aromatic carbocycles. The average molecular weight is 303 g/mol. The van der Waals surface area contributed by atoms with E-state index in [1.165, 1.54) is 0 Å². The molecule has 1 rings (SSSR count). The second-order valence-electron chi connectivity index (χ2n) is 5.51. The predicted molar refractivity (Wildman–Crippen MR) is 75.3 cm³/mol. The lowest BCUT2D eigenvalue weighted by atomic mass is 9.76. The van der Waals surface area contributed by atoms with E-state index < -0.39 is 5.60 Å². The average Bonchev–Trinajstić information content (AvgIpc) is 1.97. The molecule has 3 heteroatoms. The number of thiol groups is 1. The van der Waals surface area contributed by atoms with Crippen LogP contribution in [0.2, 0.25) is 0 Å². The first-order valence-electron chi connectivity index (χ1n) is 5.34. The molecule has 1 N–H and O–H groups in total. The lowest BCUT2D eigenvalue weighted by molar-refractivity contribution is 0.0495. The van der Waals surface area contributed by atoms with Gasteiger partial charge in [-0.25, -0.2) is 0 Å². The van der Waals surface area contributed by atoms with E-state index >= 15 is 0 Å². The van der Waals surface area contributed by atoms with Gasteiger partial charge < -0.3 is 5.11 Å². The minimum absolute atomic E-state index is 0.116. The Labute approximate surface area is 112 Å². The second kappa shape index (κ2) is 4.71. The van der Waals surface area contributed by atoms with Gasteiger partial charge in [-0.2, -0.15) is 0 Å². The van der Waals surface area contributed by atoms with Crippen LogP contribution in [-0.4, -0.2) is 10.7 Å². The summed E-state index contributed by atoms with van der Waals surface area (Å²) in [5.41, 5.74) is 0.356. The molecule has 0 spiro atoms. The molecule has 90 valence electrons. The number of hydrogen-bond acceptors (Lipinski definition) is 2. The van der Waals surface area contributed by atoms with Gasteiger partial charge in [-0.05, 0) is 43.4 Å². The van der Waals surface area contributed by atoms with Gasteiger partial charge in [-0.1, -0.05) is 35.8 Å². The third-order valence-electron chi connectivity index (χ3n) is 2.54. The van der Waals surface area contributed by atoms with E-state index in [2.05, 4.69) is 42.4 Å². The van der Waals surface area contributed by atoms with Crippen molar-refractivity contribution in [3.8, 4) is 0 Å². The van der Waals surface area contributed by atoms with Crippen LogP contribution in [0.5, 0.6) is 0 Å². The van der Waals surface area contributed by atoms with Crippen molar-refractivity contribution in [1.82, 2.24) is 0 Å². The van der Waals surface area contributed by atoms with Crippen LogP contribution in [0.25, 0.3) is 0 Å². The molecule has 0 fully saturated rings. The molecule has 0 aliphatic rings. The summed E-state index contributed by atoms with van der Waals surface area (Å²) in [6.45, 7) is 7.93. The van der Waals surface area contributed by atoms with Crippen molar-refractivity contribution in [1.29, 1.82) is 0 Å². The van der Waals surface area contributed by atoms with Crippen molar-refractivity contribution in [2.45, 2.75) is 50.0 Å². The standard InChI is InChI=1S/C13H19BrOS/c1-12(2,8-13(3,4)15)11-9(14)6-5-7-10(11)16/h5-7,15-16H,8H2,1-4H3. The highest BCUT2D eigenvalue weighted by Crippen LogP contribution is 2.39.